The summed E-state index contributed by atoms with van der Waals surface area (Å²) in [5.74, 6) is 1.14. The number of aliphatic hydroxyl groups excluding tert-OH is 1. The number of hydrogen-bond donors (Lipinski definition) is 2. The largest absolute Gasteiger partial charge is 0.488 e. The molecule has 0 aromatic heterocycles. The Balaban J connectivity index is 1.40. The fourth-order valence-electron chi connectivity index (χ4n) is 5.11. The third-order valence-corrected chi connectivity index (χ3v) is 6.64. The van der Waals surface area contributed by atoms with E-state index in [2.05, 4.69) is 34.5 Å². The third-order valence-electron chi connectivity index (χ3n) is 6.64. The summed E-state index contributed by atoms with van der Waals surface area (Å²) in [5, 5.41) is 14.4. The molecule has 1 saturated heterocycles. The predicted octanol–water partition coefficient (Wildman–Crippen LogP) is 4.28. The second-order valence-electron chi connectivity index (χ2n) is 10.7. The number of fused-ring (bicyclic) bond motifs is 1. The highest BCUT2D eigenvalue weighted by Crippen LogP contribution is 2.29. The van der Waals surface area contributed by atoms with Crippen molar-refractivity contribution in [2.45, 2.75) is 70.6 Å². The summed E-state index contributed by atoms with van der Waals surface area (Å²) in [7, 11) is 0. The molecular weight excluding hydrogens is 412 g/mol. The number of rotatable bonds is 8. The maximum atomic E-state index is 13.0. The molecule has 0 radical (unpaired) electrons. The highest BCUT2D eigenvalue weighted by atomic mass is 16.5. The summed E-state index contributed by atoms with van der Waals surface area (Å²) in [6.07, 6.45) is 4.00. The molecule has 1 amide bonds. The molecule has 1 fully saturated rings. The van der Waals surface area contributed by atoms with E-state index >= 15 is 0 Å². The van der Waals surface area contributed by atoms with Crippen molar-refractivity contribution < 1.29 is 14.6 Å². The number of hydrogen-bond acceptors (Lipinski definition) is 4. The van der Waals surface area contributed by atoms with Gasteiger partial charge in [-0.1, -0.05) is 36.4 Å². The zero-order chi connectivity index (χ0) is 23.4. The summed E-state index contributed by atoms with van der Waals surface area (Å²) in [4.78, 5) is 15.4. The number of ether oxygens (including phenoxy) is 1. The van der Waals surface area contributed by atoms with Crippen molar-refractivity contribution in [3.63, 3.8) is 0 Å². The van der Waals surface area contributed by atoms with Crippen LogP contribution in [-0.2, 0) is 17.6 Å². The zero-order valence-corrected chi connectivity index (χ0v) is 20.2. The van der Waals surface area contributed by atoms with E-state index in [1.807, 2.05) is 45.0 Å². The van der Waals surface area contributed by atoms with E-state index in [9.17, 15) is 9.90 Å². The summed E-state index contributed by atoms with van der Waals surface area (Å²) < 4.78 is 5.91. The first-order chi connectivity index (χ1) is 15.8. The van der Waals surface area contributed by atoms with E-state index < -0.39 is 6.10 Å². The van der Waals surface area contributed by atoms with Crippen molar-refractivity contribution in [3.8, 4) is 5.75 Å². The van der Waals surface area contributed by atoms with Gasteiger partial charge in [0, 0.05) is 13.0 Å². The van der Waals surface area contributed by atoms with Crippen molar-refractivity contribution in [3.05, 3.63) is 65.2 Å². The standard InChI is InChI=1S/C28H38N2O3/c1-28(2,3)33-24-12-10-21(11-13-24)27(32)25(19-30-14-6-7-15-30)29-26(31)18-20-16-22-8-4-5-9-23(22)17-20/h4-5,8-13,20,25,27,32H,6-7,14-19H2,1-3H3,(H,29,31)/t25-,27-/m1/s1. The lowest BCUT2D eigenvalue weighted by molar-refractivity contribution is -0.123. The van der Waals surface area contributed by atoms with Gasteiger partial charge in [0.2, 0.25) is 5.91 Å². The van der Waals surface area contributed by atoms with Gasteiger partial charge in [-0.25, -0.2) is 0 Å². The zero-order valence-electron chi connectivity index (χ0n) is 20.2. The van der Waals surface area contributed by atoms with E-state index in [1.54, 1.807) is 0 Å². The number of nitrogens with zero attached hydrogens (tertiary/aromatic N) is 1. The lowest BCUT2D eigenvalue weighted by Gasteiger charge is -2.29. The van der Waals surface area contributed by atoms with E-state index in [0.717, 1.165) is 37.2 Å². The minimum Gasteiger partial charge on any atom is -0.488 e. The Morgan fingerprint density at radius 1 is 1.06 bits per heavy atom. The summed E-state index contributed by atoms with van der Waals surface area (Å²) in [6, 6.07) is 15.7. The summed E-state index contributed by atoms with van der Waals surface area (Å²) in [5.41, 5.74) is 3.25. The van der Waals surface area contributed by atoms with E-state index in [-0.39, 0.29) is 17.6 Å². The molecule has 5 nitrogen and oxygen atoms in total. The predicted molar refractivity (Wildman–Crippen MR) is 131 cm³/mol. The number of amides is 1. The molecule has 2 atom stereocenters. The van der Waals surface area contributed by atoms with Crippen LogP contribution >= 0.6 is 0 Å². The smallest absolute Gasteiger partial charge is 0.220 e. The summed E-state index contributed by atoms with van der Waals surface area (Å²) >= 11 is 0. The monoisotopic (exact) mass is 450 g/mol. The molecule has 4 rings (SSSR count). The van der Waals surface area contributed by atoms with Gasteiger partial charge in [0.1, 0.15) is 17.5 Å². The van der Waals surface area contributed by atoms with Crippen LogP contribution in [0.3, 0.4) is 0 Å². The van der Waals surface area contributed by atoms with Gasteiger partial charge in [0.05, 0.1) is 6.04 Å². The molecule has 1 aliphatic heterocycles. The van der Waals surface area contributed by atoms with Gasteiger partial charge >= 0.3 is 0 Å². The topological polar surface area (TPSA) is 61.8 Å². The molecular formula is C28H38N2O3. The quantitative estimate of drug-likeness (QED) is 0.630. The Hall–Kier alpha value is -2.37. The fourth-order valence-corrected chi connectivity index (χ4v) is 5.11. The SMILES string of the molecule is CC(C)(C)Oc1ccc([C@@H](O)[C@@H](CN2CCCC2)NC(=O)CC2Cc3ccccc3C2)cc1. The lowest BCUT2D eigenvalue weighted by atomic mass is 9.99. The third kappa shape index (κ3) is 6.58. The molecule has 2 aliphatic rings. The molecule has 1 heterocycles. The fraction of sp³-hybridized carbons (Fsp3) is 0.536. The Morgan fingerprint density at radius 2 is 1.67 bits per heavy atom. The van der Waals surface area contributed by atoms with Gasteiger partial charge in [-0.3, -0.25) is 4.79 Å². The first kappa shape index (κ1) is 23.8. The minimum atomic E-state index is -0.765. The number of carbonyl (C=O) groups is 1. The van der Waals surface area contributed by atoms with E-state index in [4.69, 9.17) is 4.74 Å². The van der Waals surface area contributed by atoms with Crippen LogP contribution in [-0.4, -0.2) is 47.2 Å². The van der Waals surface area contributed by atoms with Crippen molar-refractivity contribution in [2.75, 3.05) is 19.6 Å². The highest BCUT2D eigenvalue weighted by Gasteiger charge is 2.29. The van der Waals surface area contributed by atoms with Crippen molar-refractivity contribution in [1.82, 2.24) is 10.2 Å². The average molecular weight is 451 g/mol. The van der Waals surface area contributed by atoms with Gasteiger partial charge in [-0.05, 0) is 94.3 Å². The first-order valence-electron chi connectivity index (χ1n) is 12.3. The number of aliphatic hydroxyl groups is 1. The highest BCUT2D eigenvalue weighted by molar-refractivity contribution is 5.77. The molecule has 5 heteroatoms. The van der Waals surface area contributed by atoms with Crippen molar-refractivity contribution >= 4 is 5.91 Å². The molecule has 0 unspecified atom stereocenters. The second kappa shape index (κ2) is 10.3. The Morgan fingerprint density at radius 3 is 2.24 bits per heavy atom. The Bertz CT molecular complexity index is 904. The van der Waals surface area contributed by atoms with Crippen LogP contribution in [0.2, 0.25) is 0 Å². The van der Waals surface area contributed by atoms with Crippen LogP contribution < -0.4 is 10.1 Å². The maximum absolute atomic E-state index is 13.0. The molecule has 33 heavy (non-hydrogen) atoms. The first-order valence-corrected chi connectivity index (χ1v) is 12.3. The van der Waals surface area contributed by atoms with Crippen LogP contribution in [0.1, 0.15) is 62.8 Å². The lowest BCUT2D eigenvalue weighted by Crippen LogP contribution is -2.47. The van der Waals surface area contributed by atoms with Crippen LogP contribution in [0.25, 0.3) is 0 Å². The number of benzene rings is 2. The second-order valence-corrected chi connectivity index (χ2v) is 10.7. The molecule has 2 aromatic carbocycles. The molecule has 1 aliphatic carbocycles. The molecule has 0 bridgehead atoms. The number of nitrogens with one attached hydrogen (secondary N) is 1. The van der Waals surface area contributed by atoms with Gasteiger partial charge in [0.25, 0.3) is 0 Å². The van der Waals surface area contributed by atoms with Crippen LogP contribution in [0.15, 0.2) is 48.5 Å². The minimum absolute atomic E-state index is 0.0312. The summed E-state index contributed by atoms with van der Waals surface area (Å²) in [6.45, 7) is 8.75. The van der Waals surface area contributed by atoms with Crippen LogP contribution in [0.4, 0.5) is 0 Å². The van der Waals surface area contributed by atoms with E-state index in [1.165, 1.54) is 24.0 Å². The molecule has 0 saturated carbocycles. The van der Waals surface area contributed by atoms with Gasteiger partial charge in [-0.2, -0.15) is 0 Å². The van der Waals surface area contributed by atoms with Gasteiger partial charge < -0.3 is 20.1 Å². The average Bonchev–Trinajstić information content (AvgIpc) is 3.41. The molecule has 178 valence electrons. The Kier molecular flexibility index (Phi) is 7.40. The van der Waals surface area contributed by atoms with E-state index in [0.29, 0.717) is 18.9 Å². The van der Waals surface area contributed by atoms with Crippen LogP contribution in [0.5, 0.6) is 5.75 Å². The molecule has 2 aromatic rings. The molecule has 2 N–H and O–H groups in total. The van der Waals surface area contributed by atoms with Crippen molar-refractivity contribution in [2.24, 2.45) is 5.92 Å². The maximum Gasteiger partial charge on any atom is 0.220 e. The molecule has 0 spiro atoms. The van der Waals surface area contributed by atoms with Gasteiger partial charge in [-0.15, -0.1) is 0 Å². The number of carbonyl (C=O) groups excluding carboxylic acids is 1. The Labute approximate surface area is 198 Å². The van der Waals surface area contributed by atoms with Gasteiger partial charge in [0.15, 0.2) is 0 Å². The number of likely N-dealkylation sites (tertiary alicyclic amines) is 1. The van der Waals surface area contributed by atoms with Crippen LogP contribution in [0, 0.1) is 5.92 Å². The van der Waals surface area contributed by atoms with Crippen molar-refractivity contribution in [1.29, 1.82) is 0 Å². The normalized spacial score (nSPS) is 18.7.